The van der Waals surface area contributed by atoms with Crippen LogP contribution < -0.4 is 10.1 Å². The Morgan fingerprint density at radius 2 is 1.86 bits per heavy atom. The van der Waals surface area contributed by atoms with Crippen molar-refractivity contribution in [2.45, 2.75) is 13.5 Å². The van der Waals surface area contributed by atoms with Crippen molar-refractivity contribution in [2.24, 2.45) is 0 Å². The fourth-order valence-electron chi connectivity index (χ4n) is 3.03. The first kappa shape index (κ1) is 19.0. The molecule has 0 fully saturated rings. The van der Waals surface area contributed by atoms with Gasteiger partial charge < -0.3 is 10.1 Å². The van der Waals surface area contributed by atoms with E-state index in [1.54, 1.807) is 11.3 Å². The second-order valence-electron chi connectivity index (χ2n) is 6.46. The van der Waals surface area contributed by atoms with Crippen molar-refractivity contribution in [1.82, 2.24) is 9.78 Å². The van der Waals surface area contributed by atoms with E-state index in [0.29, 0.717) is 30.1 Å². The van der Waals surface area contributed by atoms with Gasteiger partial charge in [-0.3, -0.25) is 9.48 Å². The summed E-state index contributed by atoms with van der Waals surface area (Å²) in [5.41, 5.74) is 3.09. The lowest BCUT2D eigenvalue weighted by molar-refractivity contribution is 0.102. The number of ether oxygens (including phenoxy) is 1. The van der Waals surface area contributed by atoms with E-state index in [2.05, 4.69) is 5.32 Å². The van der Waals surface area contributed by atoms with Crippen LogP contribution in [0.1, 0.15) is 22.8 Å². The number of hydrogen-bond donors (Lipinski definition) is 1. The van der Waals surface area contributed by atoms with Crippen molar-refractivity contribution in [3.63, 3.8) is 0 Å². The number of amides is 1. The maximum Gasteiger partial charge on any atom is 0.259 e. The van der Waals surface area contributed by atoms with E-state index >= 15 is 0 Å². The normalized spacial score (nSPS) is 10.7. The van der Waals surface area contributed by atoms with E-state index in [-0.39, 0.29) is 5.91 Å². The van der Waals surface area contributed by atoms with Crippen LogP contribution in [0, 0.1) is 0 Å². The lowest BCUT2D eigenvalue weighted by Gasteiger charge is -2.07. The Hall–Kier alpha value is -3.38. The predicted octanol–water partition coefficient (Wildman–Crippen LogP) is 5.31. The number of nitrogens with one attached hydrogen (secondary N) is 1. The van der Waals surface area contributed by atoms with Crippen LogP contribution in [-0.2, 0) is 6.54 Å². The van der Waals surface area contributed by atoms with Gasteiger partial charge in [0.1, 0.15) is 11.4 Å². The molecule has 0 aliphatic carbocycles. The van der Waals surface area contributed by atoms with Gasteiger partial charge in [-0.1, -0.05) is 36.4 Å². The molecule has 0 bridgehead atoms. The number of anilines is 1. The molecule has 4 rings (SSSR count). The highest BCUT2D eigenvalue weighted by Gasteiger charge is 2.19. The number of carbonyl (C=O) groups excluding carboxylic acids is 1. The molecule has 0 saturated heterocycles. The zero-order valence-electron chi connectivity index (χ0n) is 16.0. The van der Waals surface area contributed by atoms with E-state index in [4.69, 9.17) is 9.84 Å². The zero-order valence-corrected chi connectivity index (χ0v) is 16.9. The molecule has 0 aliphatic heterocycles. The van der Waals surface area contributed by atoms with Gasteiger partial charge in [-0.25, -0.2) is 0 Å². The molecule has 0 spiro atoms. The van der Waals surface area contributed by atoms with Crippen LogP contribution in [0.3, 0.4) is 0 Å². The van der Waals surface area contributed by atoms with Crippen molar-refractivity contribution in [2.75, 3.05) is 11.9 Å². The summed E-state index contributed by atoms with van der Waals surface area (Å²) in [6.07, 6.45) is 1.81. The summed E-state index contributed by atoms with van der Waals surface area (Å²) >= 11 is 1.57. The van der Waals surface area contributed by atoms with Gasteiger partial charge in [0.25, 0.3) is 5.91 Å². The minimum atomic E-state index is -0.183. The molecule has 0 aliphatic rings. The highest BCUT2D eigenvalue weighted by atomic mass is 32.1. The molecule has 2 aromatic carbocycles. The minimum absolute atomic E-state index is 0.183. The average molecular weight is 404 g/mol. The highest BCUT2D eigenvalue weighted by molar-refractivity contribution is 7.13. The van der Waals surface area contributed by atoms with Crippen molar-refractivity contribution < 1.29 is 9.53 Å². The van der Waals surface area contributed by atoms with Crippen LogP contribution in [-0.4, -0.2) is 22.3 Å². The molecule has 0 atom stereocenters. The number of aromatic nitrogens is 2. The van der Waals surface area contributed by atoms with Crippen LogP contribution in [0.15, 0.2) is 78.3 Å². The predicted molar refractivity (Wildman–Crippen MR) is 117 cm³/mol. The minimum Gasteiger partial charge on any atom is -0.494 e. The number of benzene rings is 2. The molecule has 0 unspecified atom stereocenters. The smallest absolute Gasteiger partial charge is 0.259 e. The molecule has 2 aromatic heterocycles. The van der Waals surface area contributed by atoms with Crippen molar-refractivity contribution in [1.29, 1.82) is 0 Å². The Morgan fingerprint density at radius 3 is 2.55 bits per heavy atom. The molecule has 2 heterocycles. The summed E-state index contributed by atoms with van der Waals surface area (Å²) in [6, 6.07) is 21.4. The van der Waals surface area contributed by atoms with E-state index in [9.17, 15) is 4.79 Å². The Kier molecular flexibility index (Phi) is 5.72. The van der Waals surface area contributed by atoms with Gasteiger partial charge in [0.2, 0.25) is 0 Å². The van der Waals surface area contributed by atoms with E-state index in [1.165, 1.54) is 0 Å². The third-order valence-electron chi connectivity index (χ3n) is 4.37. The van der Waals surface area contributed by atoms with Crippen molar-refractivity contribution in [3.05, 3.63) is 89.4 Å². The molecule has 146 valence electrons. The largest absolute Gasteiger partial charge is 0.494 e. The first-order valence-corrected chi connectivity index (χ1v) is 10.3. The van der Waals surface area contributed by atoms with Gasteiger partial charge in [0.15, 0.2) is 0 Å². The number of hydrogen-bond acceptors (Lipinski definition) is 4. The molecule has 1 N–H and O–H groups in total. The molecule has 6 heteroatoms. The Labute approximate surface area is 173 Å². The van der Waals surface area contributed by atoms with Crippen LogP contribution in [0.2, 0.25) is 0 Å². The lowest BCUT2D eigenvalue weighted by atomic mass is 10.2. The van der Waals surface area contributed by atoms with Gasteiger partial charge in [-0.15, -0.1) is 11.3 Å². The van der Waals surface area contributed by atoms with Gasteiger partial charge in [0.05, 0.1) is 23.6 Å². The fourth-order valence-corrected chi connectivity index (χ4v) is 3.76. The number of carbonyl (C=O) groups is 1. The molecular formula is C23H21N3O2S. The molecule has 29 heavy (non-hydrogen) atoms. The number of rotatable bonds is 7. The van der Waals surface area contributed by atoms with Crippen LogP contribution >= 0.6 is 11.3 Å². The Morgan fingerprint density at radius 1 is 1.07 bits per heavy atom. The first-order chi connectivity index (χ1) is 14.2. The van der Waals surface area contributed by atoms with Crippen LogP contribution in [0.5, 0.6) is 5.75 Å². The quantitative estimate of drug-likeness (QED) is 0.455. The number of nitrogens with zero attached hydrogens (tertiary/aromatic N) is 2. The summed E-state index contributed by atoms with van der Waals surface area (Å²) in [6.45, 7) is 3.15. The first-order valence-electron chi connectivity index (χ1n) is 9.42. The lowest BCUT2D eigenvalue weighted by Crippen LogP contribution is -2.12. The van der Waals surface area contributed by atoms with Gasteiger partial charge in [0, 0.05) is 11.9 Å². The van der Waals surface area contributed by atoms with Gasteiger partial charge in [-0.05, 0) is 48.2 Å². The third-order valence-corrected chi connectivity index (χ3v) is 5.25. The highest BCUT2D eigenvalue weighted by Crippen LogP contribution is 2.28. The summed E-state index contributed by atoms with van der Waals surface area (Å²) in [4.78, 5) is 14.0. The topological polar surface area (TPSA) is 56.1 Å². The standard InChI is InChI=1S/C23H21N3O2S/c1-2-28-19-12-10-18(11-13-19)24-23(27)20-16-26(15-17-7-4-3-5-8-17)25-22(20)21-9-6-14-29-21/h3-14,16H,2,15H2,1H3,(H,24,27). The Bertz CT molecular complexity index is 1070. The second kappa shape index (κ2) is 8.75. The monoisotopic (exact) mass is 403 g/mol. The number of thiophene rings is 1. The molecular weight excluding hydrogens is 382 g/mol. The summed E-state index contributed by atoms with van der Waals surface area (Å²) < 4.78 is 7.27. The average Bonchev–Trinajstić information content (AvgIpc) is 3.40. The summed E-state index contributed by atoms with van der Waals surface area (Å²) in [5.74, 6) is 0.595. The van der Waals surface area contributed by atoms with Crippen molar-refractivity contribution in [3.8, 4) is 16.3 Å². The molecule has 1 amide bonds. The van der Waals surface area contributed by atoms with Crippen LogP contribution in [0.4, 0.5) is 5.69 Å². The second-order valence-corrected chi connectivity index (χ2v) is 7.41. The van der Waals surface area contributed by atoms with Gasteiger partial charge in [-0.2, -0.15) is 5.10 Å². The molecule has 5 nitrogen and oxygen atoms in total. The van der Waals surface area contributed by atoms with E-state index < -0.39 is 0 Å². The third kappa shape index (κ3) is 4.55. The maximum absolute atomic E-state index is 13.0. The van der Waals surface area contributed by atoms with Crippen LogP contribution in [0.25, 0.3) is 10.6 Å². The Balaban J connectivity index is 1.59. The summed E-state index contributed by atoms with van der Waals surface area (Å²) in [7, 11) is 0. The van der Waals surface area contributed by atoms with Gasteiger partial charge >= 0.3 is 0 Å². The molecule has 4 aromatic rings. The van der Waals surface area contributed by atoms with E-state index in [0.717, 1.165) is 16.2 Å². The zero-order chi connectivity index (χ0) is 20.1. The summed E-state index contributed by atoms with van der Waals surface area (Å²) in [5, 5.41) is 9.65. The molecule has 0 radical (unpaired) electrons. The fraction of sp³-hybridized carbons (Fsp3) is 0.130. The molecule has 0 saturated carbocycles. The SMILES string of the molecule is CCOc1ccc(NC(=O)c2cn(Cc3ccccc3)nc2-c2cccs2)cc1. The van der Waals surface area contributed by atoms with Crippen molar-refractivity contribution >= 4 is 22.9 Å². The van der Waals surface area contributed by atoms with E-state index in [1.807, 2.05) is 89.9 Å². The maximum atomic E-state index is 13.0.